The van der Waals surface area contributed by atoms with Gasteiger partial charge in [-0.25, -0.2) is 14.8 Å². The van der Waals surface area contributed by atoms with Gasteiger partial charge in [-0.15, -0.1) is 0 Å². The van der Waals surface area contributed by atoms with Crippen molar-refractivity contribution in [3.63, 3.8) is 0 Å². The van der Waals surface area contributed by atoms with Crippen LogP contribution >= 0.6 is 0 Å². The predicted octanol–water partition coefficient (Wildman–Crippen LogP) is 2.71. The third kappa shape index (κ3) is 5.65. The number of carbonyl (C=O) groups is 1. The third-order valence-corrected chi connectivity index (χ3v) is 5.10. The summed E-state index contributed by atoms with van der Waals surface area (Å²) < 4.78 is 40.5. The fraction of sp³-hybridized carbons (Fsp3) is 0.261. The summed E-state index contributed by atoms with van der Waals surface area (Å²) in [5.41, 5.74) is 2.79. The van der Waals surface area contributed by atoms with Crippen molar-refractivity contribution >= 4 is 11.7 Å². The molecule has 0 saturated carbocycles. The Morgan fingerprint density at radius 3 is 2.91 bits per heavy atom. The van der Waals surface area contributed by atoms with Crippen LogP contribution in [-0.2, 0) is 6.54 Å². The minimum absolute atomic E-state index is 0.00584. The highest BCUT2D eigenvalue weighted by Crippen LogP contribution is 2.28. The molecule has 1 unspecified atom stereocenters. The van der Waals surface area contributed by atoms with E-state index in [2.05, 4.69) is 27.1 Å². The molecule has 3 N–H and O–H groups in total. The highest BCUT2D eigenvalue weighted by Gasteiger charge is 2.28. The molecule has 2 amide bonds. The van der Waals surface area contributed by atoms with Crippen molar-refractivity contribution < 1.29 is 23.1 Å². The van der Waals surface area contributed by atoms with Crippen LogP contribution in [0.5, 0.6) is 0 Å². The molecule has 0 spiro atoms. The molecule has 0 saturated heterocycles. The predicted molar refractivity (Wildman–Crippen MR) is 118 cm³/mol. The van der Waals surface area contributed by atoms with Gasteiger partial charge in [0, 0.05) is 54.2 Å². The number of aliphatic hydroxyl groups is 1. The molecular formula is C23H21F3N6O2. The number of amides is 2. The Kier molecular flexibility index (Phi) is 6.70. The quantitative estimate of drug-likeness (QED) is 0.500. The van der Waals surface area contributed by atoms with Crippen LogP contribution in [0, 0.1) is 11.8 Å². The van der Waals surface area contributed by atoms with E-state index >= 15 is 0 Å². The molecule has 11 heteroatoms. The van der Waals surface area contributed by atoms with Crippen molar-refractivity contribution in [3.8, 4) is 11.8 Å². The first-order valence-corrected chi connectivity index (χ1v) is 10.4. The Labute approximate surface area is 192 Å². The Morgan fingerprint density at radius 2 is 2.12 bits per heavy atom. The van der Waals surface area contributed by atoms with E-state index in [1.54, 1.807) is 40.6 Å². The second kappa shape index (κ2) is 9.84. The lowest BCUT2D eigenvalue weighted by Gasteiger charge is -2.19. The van der Waals surface area contributed by atoms with E-state index in [1.807, 2.05) is 28.8 Å². The molecule has 0 fully saturated rings. The van der Waals surface area contributed by atoms with Gasteiger partial charge in [0.15, 0.2) is 5.82 Å². The van der Waals surface area contributed by atoms with Crippen molar-refractivity contribution in [2.45, 2.75) is 25.1 Å². The minimum Gasteiger partial charge on any atom is -0.395 e. The van der Waals surface area contributed by atoms with Gasteiger partial charge >= 0.3 is 12.2 Å². The first-order valence-electron chi connectivity index (χ1n) is 10.4. The topological polar surface area (TPSA) is 96.5 Å². The lowest BCUT2D eigenvalue weighted by molar-refractivity contribution is -0.122. The van der Waals surface area contributed by atoms with Gasteiger partial charge in [-0.2, -0.15) is 13.2 Å². The molecule has 8 nitrogen and oxygen atoms in total. The van der Waals surface area contributed by atoms with Crippen molar-refractivity contribution in [2.24, 2.45) is 0 Å². The molecule has 1 atom stereocenters. The number of carbonyl (C=O) groups excluding carboxylic acids is 1. The molecule has 3 aromatic heterocycles. The zero-order chi connectivity index (χ0) is 24.1. The van der Waals surface area contributed by atoms with Crippen LogP contribution in [0.15, 0.2) is 60.8 Å². The SMILES string of the molecule is O=C(NCC(F)(F)F)NC1=CC=CC(c2cnc3cc(C#Cc4nccn4CCO)ccn23)C1. The number of allylic oxidation sites excluding steroid dienone is 4. The molecule has 3 heterocycles. The molecule has 4 rings (SSSR count). The van der Waals surface area contributed by atoms with Gasteiger partial charge in [0.05, 0.1) is 6.61 Å². The Balaban J connectivity index is 1.45. The molecule has 34 heavy (non-hydrogen) atoms. The van der Waals surface area contributed by atoms with Crippen molar-refractivity contribution in [1.82, 2.24) is 29.6 Å². The number of rotatable bonds is 5. The fourth-order valence-corrected chi connectivity index (χ4v) is 3.55. The van der Waals surface area contributed by atoms with Crippen LogP contribution in [0.25, 0.3) is 5.65 Å². The summed E-state index contributed by atoms with van der Waals surface area (Å²) in [5, 5.41) is 13.4. The lowest BCUT2D eigenvalue weighted by Crippen LogP contribution is -2.40. The molecule has 0 bridgehead atoms. The number of halogens is 3. The summed E-state index contributed by atoms with van der Waals surface area (Å²) in [7, 11) is 0. The van der Waals surface area contributed by atoms with E-state index in [0.717, 1.165) is 11.3 Å². The molecule has 3 aromatic rings. The second-order valence-corrected chi connectivity index (χ2v) is 7.55. The number of pyridine rings is 1. The fourth-order valence-electron chi connectivity index (χ4n) is 3.55. The van der Waals surface area contributed by atoms with Crippen molar-refractivity contribution in [3.05, 3.63) is 77.9 Å². The highest BCUT2D eigenvalue weighted by atomic mass is 19.4. The average Bonchev–Trinajstić information content (AvgIpc) is 3.43. The largest absolute Gasteiger partial charge is 0.405 e. The molecule has 1 aliphatic rings. The van der Waals surface area contributed by atoms with Gasteiger partial charge in [-0.3, -0.25) is 0 Å². The monoisotopic (exact) mass is 470 g/mol. The summed E-state index contributed by atoms with van der Waals surface area (Å²) >= 11 is 0. The van der Waals surface area contributed by atoms with E-state index in [-0.39, 0.29) is 12.5 Å². The lowest BCUT2D eigenvalue weighted by atomic mass is 9.95. The van der Waals surface area contributed by atoms with Gasteiger partial charge in [0.2, 0.25) is 0 Å². The number of imidazole rings is 2. The zero-order valence-corrected chi connectivity index (χ0v) is 17.9. The van der Waals surface area contributed by atoms with Gasteiger partial charge in [0.25, 0.3) is 0 Å². The van der Waals surface area contributed by atoms with Crippen molar-refractivity contribution in [1.29, 1.82) is 0 Å². The van der Waals surface area contributed by atoms with E-state index in [9.17, 15) is 18.0 Å². The third-order valence-electron chi connectivity index (χ3n) is 5.10. The molecule has 0 radical (unpaired) electrons. The number of nitrogens with zero attached hydrogens (tertiary/aromatic N) is 4. The number of hydrogen-bond donors (Lipinski definition) is 3. The summed E-state index contributed by atoms with van der Waals surface area (Å²) in [6.45, 7) is -0.988. The molecule has 0 aromatic carbocycles. The normalized spacial score (nSPS) is 15.5. The van der Waals surface area contributed by atoms with Gasteiger partial charge in [-0.1, -0.05) is 18.1 Å². The van der Waals surface area contributed by atoms with Crippen LogP contribution in [0.3, 0.4) is 0 Å². The van der Waals surface area contributed by atoms with Crippen LogP contribution in [0.2, 0.25) is 0 Å². The number of fused-ring (bicyclic) bond motifs is 1. The summed E-state index contributed by atoms with van der Waals surface area (Å²) in [6, 6.07) is 2.78. The van der Waals surface area contributed by atoms with Gasteiger partial charge in [-0.05, 0) is 30.6 Å². The number of nitrogens with one attached hydrogen (secondary N) is 2. The number of aromatic nitrogens is 4. The maximum atomic E-state index is 12.3. The smallest absolute Gasteiger partial charge is 0.395 e. The van der Waals surface area contributed by atoms with Crippen LogP contribution in [0.4, 0.5) is 18.0 Å². The van der Waals surface area contributed by atoms with E-state index in [0.29, 0.717) is 30.1 Å². The van der Waals surface area contributed by atoms with E-state index < -0.39 is 18.8 Å². The highest BCUT2D eigenvalue weighted by molar-refractivity contribution is 5.76. The summed E-state index contributed by atoms with van der Waals surface area (Å²) in [5.74, 6) is 6.47. The van der Waals surface area contributed by atoms with Crippen LogP contribution < -0.4 is 10.6 Å². The van der Waals surface area contributed by atoms with Crippen molar-refractivity contribution in [2.75, 3.05) is 13.2 Å². The first kappa shape index (κ1) is 23.1. The van der Waals surface area contributed by atoms with E-state index in [1.165, 1.54) is 0 Å². The maximum Gasteiger partial charge on any atom is 0.405 e. The molecule has 1 aliphatic carbocycles. The number of hydrogen-bond acceptors (Lipinski definition) is 4. The Hall–Kier alpha value is -4.04. The van der Waals surface area contributed by atoms with E-state index in [4.69, 9.17) is 5.11 Å². The van der Waals surface area contributed by atoms with Crippen LogP contribution in [0.1, 0.15) is 29.4 Å². The summed E-state index contributed by atoms with van der Waals surface area (Å²) in [4.78, 5) is 20.4. The second-order valence-electron chi connectivity index (χ2n) is 7.55. The standard InChI is InChI=1S/C23H21F3N6O2/c24-23(25,26)15-29-22(34)30-18-3-1-2-17(13-18)19-14-28-21-12-16(6-8-32(19)21)4-5-20-27-7-9-31(20)10-11-33/h1-3,6-9,12,14,17,33H,10-11,13,15H2,(H2,29,30,34). The molecule has 176 valence electrons. The number of alkyl halides is 3. The Morgan fingerprint density at radius 1 is 1.26 bits per heavy atom. The van der Waals surface area contributed by atoms with Gasteiger partial charge in [0.1, 0.15) is 12.2 Å². The molecule has 0 aliphatic heterocycles. The van der Waals surface area contributed by atoms with Gasteiger partial charge < -0.3 is 24.7 Å². The Bertz CT molecular complexity index is 1310. The zero-order valence-electron chi connectivity index (χ0n) is 17.9. The minimum atomic E-state index is -4.47. The molecular weight excluding hydrogens is 449 g/mol. The number of urea groups is 1. The summed E-state index contributed by atoms with van der Waals surface area (Å²) in [6.07, 6.45) is 8.22. The average molecular weight is 470 g/mol. The first-order chi connectivity index (χ1) is 16.3. The maximum absolute atomic E-state index is 12.3. The number of aliphatic hydroxyl groups excluding tert-OH is 1. The van der Waals surface area contributed by atoms with Crippen LogP contribution in [-0.4, -0.2) is 49.4 Å².